The Bertz CT molecular complexity index is 760. The minimum Gasteiger partial charge on any atom is -0.497 e. The van der Waals surface area contributed by atoms with E-state index in [2.05, 4.69) is 15.5 Å². The largest absolute Gasteiger partial charge is 0.497 e. The zero-order valence-electron chi connectivity index (χ0n) is 15.7. The fraction of sp³-hybridized carbons (Fsp3) is 0.550. The number of hydrogen-bond donors (Lipinski definition) is 1. The summed E-state index contributed by atoms with van der Waals surface area (Å²) in [5.74, 6) is 3.47. The second kappa shape index (κ2) is 8.08. The van der Waals surface area contributed by atoms with Gasteiger partial charge in [-0.1, -0.05) is 5.16 Å². The smallest absolute Gasteiger partial charge is 0.227 e. The summed E-state index contributed by atoms with van der Waals surface area (Å²) >= 11 is 0. The second-order valence-corrected chi connectivity index (χ2v) is 7.38. The SMILES string of the molecule is COc1ccc(-c2noc(CCC(=O)N3CC[C@@H]4CNC[C@@H]4CC3)n2)cc1. The molecular formula is C20H26N4O3. The van der Waals surface area contributed by atoms with Gasteiger partial charge in [-0.05, 0) is 62.0 Å². The lowest BCUT2D eigenvalue weighted by Crippen LogP contribution is -2.32. The number of benzene rings is 1. The first-order valence-electron chi connectivity index (χ1n) is 9.68. The molecule has 2 atom stereocenters. The van der Waals surface area contributed by atoms with Crippen molar-refractivity contribution in [2.24, 2.45) is 11.8 Å². The van der Waals surface area contributed by atoms with E-state index >= 15 is 0 Å². The molecule has 0 spiro atoms. The summed E-state index contributed by atoms with van der Waals surface area (Å²) in [6.45, 7) is 3.93. The number of amides is 1. The van der Waals surface area contributed by atoms with Gasteiger partial charge in [0, 0.05) is 31.5 Å². The summed E-state index contributed by atoms with van der Waals surface area (Å²) in [7, 11) is 1.63. The van der Waals surface area contributed by atoms with Crippen LogP contribution in [0.1, 0.15) is 25.2 Å². The Balaban J connectivity index is 1.31. The molecule has 1 N–H and O–H groups in total. The molecule has 7 heteroatoms. The molecule has 2 aliphatic heterocycles. The highest BCUT2D eigenvalue weighted by atomic mass is 16.5. The number of hydrogen-bond acceptors (Lipinski definition) is 6. The lowest BCUT2D eigenvalue weighted by atomic mass is 9.92. The summed E-state index contributed by atoms with van der Waals surface area (Å²) in [6, 6.07) is 7.50. The van der Waals surface area contributed by atoms with E-state index in [1.165, 1.54) is 0 Å². The number of aromatic nitrogens is 2. The van der Waals surface area contributed by atoms with E-state index in [-0.39, 0.29) is 5.91 Å². The molecule has 2 fully saturated rings. The number of ether oxygens (including phenoxy) is 1. The number of likely N-dealkylation sites (tertiary alicyclic amines) is 1. The topological polar surface area (TPSA) is 80.5 Å². The Morgan fingerprint density at radius 3 is 2.59 bits per heavy atom. The van der Waals surface area contributed by atoms with Crippen molar-refractivity contribution in [3.63, 3.8) is 0 Å². The first kappa shape index (κ1) is 18.0. The number of nitrogens with one attached hydrogen (secondary N) is 1. The standard InChI is InChI=1S/C20H26N4O3/c1-26-17-4-2-14(3-5-17)20-22-18(27-23-20)6-7-19(25)24-10-8-15-12-21-13-16(15)9-11-24/h2-5,15-16,21H,6-13H2,1H3/t15-,16+. The molecule has 1 aromatic carbocycles. The van der Waals surface area contributed by atoms with Gasteiger partial charge < -0.3 is 19.5 Å². The summed E-state index contributed by atoms with van der Waals surface area (Å²) in [6.07, 6.45) is 3.10. The Morgan fingerprint density at radius 2 is 1.93 bits per heavy atom. The van der Waals surface area contributed by atoms with Crippen LogP contribution in [0.5, 0.6) is 5.75 Å². The van der Waals surface area contributed by atoms with E-state index in [1.54, 1.807) is 7.11 Å². The average molecular weight is 370 g/mol. The maximum absolute atomic E-state index is 12.6. The highest BCUT2D eigenvalue weighted by molar-refractivity contribution is 5.76. The molecule has 0 aliphatic carbocycles. The van der Waals surface area contributed by atoms with Crippen LogP contribution in [0.15, 0.2) is 28.8 Å². The summed E-state index contributed by atoms with van der Waals surface area (Å²) in [5, 5.41) is 7.49. The fourth-order valence-corrected chi connectivity index (χ4v) is 4.05. The Hall–Kier alpha value is -2.41. The number of aryl methyl sites for hydroxylation is 1. The number of nitrogens with zero attached hydrogens (tertiary/aromatic N) is 3. The molecule has 1 amide bonds. The van der Waals surface area contributed by atoms with Crippen LogP contribution >= 0.6 is 0 Å². The third kappa shape index (κ3) is 4.13. The predicted molar refractivity (Wildman–Crippen MR) is 100 cm³/mol. The van der Waals surface area contributed by atoms with Crippen LogP contribution in [0.4, 0.5) is 0 Å². The number of methoxy groups -OCH3 is 1. The molecule has 0 unspecified atom stereocenters. The van der Waals surface area contributed by atoms with E-state index in [0.717, 1.165) is 62.2 Å². The van der Waals surface area contributed by atoms with Gasteiger partial charge in [0.1, 0.15) is 5.75 Å². The van der Waals surface area contributed by atoms with Gasteiger partial charge >= 0.3 is 0 Å². The summed E-state index contributed by atoms with van der Waals surface area (Å²) in [4.78, 5) is 19.0. The fourth-order valence-electron chi connectivity index (χ4n) is 4.05. The molecular weight excluding hydrogens is 344 g/mol. The molecule has 0 saturated carbocycles. The van der Waals surface area contributed by atoms with Crippen molar-refractivity contribution >= 4 is 5.91 Å². The van der Waals surface area contributed by atoms with Gasteiger partial charge in [-0.3, -0.25) is 4.79 Å². The average Bonchev–Trinajstić information content (AvgIpc) is 3.32. The minimum atomic E-state index is 0.187. The lowest BCUT2D eigenvalue weighted by Gasteiger charge is -2.20. The van der Waals surface area contributed by atoms with Crippen LogP contribution in [0, 0.1) is 11.8 Å². The first-order chi connectivity index (χ1) is 13.2. The van der Waals surface area contributed by atoms with Gasteiger partial charge in [0.05, 0.1) is 7.11 Å². The first-order valence-corrected chi connectivity index (χ1v) is 9.68. The highest BCUT2D eigenvalue weighted by Crippen LogP contribution is 2.27. The molecule has 0 bridgehead atoms. The number of rotatable bonds is 5. The number of fused-ring (bicyclic) bond motifs is 1. The van der Waals surface area contributed by atoms with Gasteiger partial charge in [0.2, 0.25) is 17.6 Å². The maximum Gasteiger partial charge on any atom is 0.227 e. The van der Waals surface area contributed by atoms with E-state index < -0.39 is 0 Å². The number of carbonyl (C=O) groups excluding carboxylic acids is 1. The van der Waals surface area contributed by atoms with E-state index in [9.17, 15) is 4.79 Å². The van der Waals surface area contributed by atoms with Crippen LogP contribution in [0.2, 0.25) is 0 Å². The quantitative estimate of drug-likeness (QED) is 0.869. The van der Waals surface area contributed by atoms with Gasteiger partial charge in [0.25, 0.3) is 0 Å². The molecule has 7 nitrogen and oxygen atoms in total. The highest BCUT2D eigenvalue weighted by Gasteiger charge is 2.31. The zero-order valence-corrected chi connectivity index (χ0v) is 15.7. The predicted octanol–water partition coefficient (Wildman–Crippen LogP) is 2.14. The third-order valence-corrected chi connectivity index (χ3v) is 5.74. The van der Waals surface area contributed by atoms with E-state index in [1.807, 2.05) is 29.2 Å². The normalized spacial score (nSPS) is 22.3. The second-order valence-electron chi connectivity index (χ2n) is 7.38. The van der Waals surface area contributed by atoms with Crippen LogP contribution in [0.25, 0.3) is 11.4 Å². The van der Waals surface area contributed by atoms with Crippen molar-refractivity contribution in [3.8, 4) is 17.1 Å². The van der Waals surface area contributed by atoms with Crippen LogP contribution in [-0.4, -0.2) is 54.2 Å². The van der Waals surface area contributed by atoms with Gasteiger partial charge in [-0.25, -0.2) is 0 Å². The van der Waals surface area contributed by atoms with Crippen LogP contribution < -0.4 is 10.1 Å². The molecule has 2 aromatic rings. The van der Waals surface area contributed by atoms with Gasteiger partial charge in [0.15, 0.2) is 0 Å². The monoisotopic (exact) mass is 370 g/mol. The third-order valence-electron chi connectivity index (χ3n) is 5.74. The molecule has 2 saturated heterocycles. The van der Waals surface area contributed by atoms with Crippen LogP contribution in [0.3, 0.4) is 0 Å². The molecule has 1 aromatic heterocycles. The molecule has 0 radical (unpaired) electrons. The Labute approximate surface area is 159 Å². The molecule has 27 heavy (non-hydrogen) atoms. The van der Waals surface area contributed by atoms with Crippen molar-refractivity contribution < 1.29 is 14.1 Å². The van der Waals surface area contributed by atoms with Crippen molar-refractivity contribution in [1.82, 2.24) is 20.4 Å². The summed E-state index contributed by atoms with van der Waals surface area (Å²) < 4.78 is 10.5. The van der Waals surface area contributed by atoms with Crippen molar-refractivity contribution in [2.75, 3.05) is 33.3 Å². The Morgan fingerprint density at radius 1 is 1.22 bits per heavy atom. The van der Waals surface area contributed by atoms with Crippen LogP contribution in [-0.2, 0) is 11.2 Å². The molecule has 3 heterocycles. The molecule has 2 aliphatic rings. The van der Waals surface area contributed by atoms with E-state index in [4.69, 9.17) is 9.26 Å². The van der Waals surface area contributed by atoms with E-state index in [0.29, 0.717) is 24.6 Å². The van der Waals surface area contributed by atoms with Gasteiger partial charge in [-0.15, -0.1) is 0 Å². The molecule has 4 rings (SSSR count). The van der Waals surface area contributed by atoms with Crippen molar-refractivity contribution in [1.29, 1.82) is 0 Å². The maximum atomic E-state index is 12.6. The number of carbonyl (C=O) groups is 1. The lowest BCUT2D eigenvalue weighted by molar-refractivity contribution is -0.131. The minimum absolute atomic E-state index is 0.187. The summed E-state index contributed by atoms with van der Waals surface area (Å²) in [5.41, 5.74) is 0.866. The van der Waals surface area contributed by atoms with Gasteiger partial charge in [-0.2, -0.15) is 4.98 Å². The molecule has 144 valence electrons. The Kier molecular flexibility index (Phi) is 5.38. The van der Waals surface area contributed by atoms with Crippen molar-refractivity contribution in [2.45, 2.75) is 25.7 Å². The van der Waals surface area contributed by atoms with Crippen molar-refractivity contribution in [3.05, 3.63) is 30.2 Å². The zero-order chi connectivity index (χ0) is 18.6.